The van der Waals surface area contributed by atoms with Gasteiger partial charge in [-0.3, -0.25) is 4.79 Å². The van der Waals surface area contributed by atoms with Crippen molar-refractivity contribution in [2.45, 2.75) is 65.0 Å². The predicted molar refractivity (Wildman–Crippen MR) is 89.8 cm³/mol. The molecule has 1 aliphatic carbocycles. The molecular formula is C17H31N3O3. The second-order valence-electron chi connectivity index (χ2n) is 7.03. The van der Waals surface area contributed by atoms with Crippen molar-refractivity contribution >= 4 is 11.7 Å². The van der Waals surface area contributed by atoms with Gasteiger partial charge in [0.15, 0.2) is 0 Å². The third-order valence-electron chi connectivity index (χ3n) is 5.36. The molecule has 4 atom stereocenters. The molecule has 132 valence electrons. The summed E-state index contributed by atoms with van der Waals surface area (Å²) in [5.41, 5.74) is 5.96. The molecule has 1 heterocycles. The van der Waals surface area contributed by atoms with Gasteiger partial charge in [0, 0.05) is 25.2 Å². The van der Waals surface area contributed by atoms with Gasteiger partial charge in [0.1, 0.15) is 5.84 Å². The van der Waals surface area contributed by atoms with Gasteiger partial charge < -0.3 is 20.6 Å². The minimum absolute atomic E-state index is 0.112. The molecule has 0 aromatic rings. The molecule has 6 nitrogen and oxygen atoms in total. The van der Waals surface area contributed by atoms with E-state index in [0.29, 0.717) is 30.9 Å². The molecule has 2 fully saturated rings. The fraction of sp³-hybridized carbons (Fsp3) is 0.882. The normalized spacial score (nSPS) is 31.4. The van der Waals surface area contributed by atoms with Crippen LogP contribution in [0, 0.1) is 17.8 Å². The molecule has 0 radical (unpaired) electrons. The van der Waals surface area contributed by atoms with Crippen molar-refractivity contribution in [2.75, 3.05) is 13.2 Å². The number of hydrogen-bond acceptors (Lipinski definition) is 4. The number of nitrogens with zero attached hydrogens (tertiary/aromatic N) is 1. The summed E-state index contributed by atoms with van der Waals surface area (Å²) in [6.45, 7) is 7.58. The van der Waals surface area contributed by atoms with Gasteiger partial charge in [0.05, 0.1) is 0 Å². The fourth-order valence-corrected chi connectivity index (χ4v) is 3.34. The van der Waals surface area contributed by atoms with Gasteiger partial charge in [-0.1, -0.05) is 31.8 Å². The van der Waals surface area contributed by atoms with Gasteiger partial charge in [-0.25, -0.2) is 0 Å². The average molecular weight is 325 g/mol. The maximum atomic E-state index is 12.3. The van der Waals surface area contributed by atoms with Crippen molar-refractivity contribution in [3.63, 3.8) is 0 Å². The van der Waals surface area contributed by atoms with Crippen molar-refractivity contribution in [3.8, 4) is 0 Å². The maximum absolute atomic E-state index is 12.3. The second-order valence-corrected chi connectivity index (χ2v) is 7.03. The van der Waals surface area contributed by atoms with Crippen LogP contribution in [0.3, 0.4) is 0 Å². The third kappa shape index (κ3) is 5.09. The van der Waals surface area contributed by atoms with E-state index in [2.05, 4.69) is 24.3 Å². The van der Waals surface area contributed by atoms with Crippen molar-refractivity contribution in [1.29, 1.82) is 0 Å². The van der Waals surface area contributed by atoms with Gasteiger partial charge in [-0.15, -0.1) is 0 Å². The Labute approximate surface area is 139 Å². The van der Waals surface area contributed by atoms with Crippen LogP contribution in [0.5, 0.6) is 0 Å². The van der Waals surface area contributed by atoms with E-state index in [1.54, 1.807) is 6.92 Å². The Morgan fingerprint density at radius 3 is 2.65 bits per heavy atom. The van der Waals surface area contributed by atoms with Gasteiger partial charge in [-0.05, 0) is 38.0 Å². The lowest BCUT2D eigenvalue weighted by atomic mass is 9.78. The molecule has 1 saturated heterocycles. The lowest BCUT2D eigenvalue weighted by molar-refractivity contribution is -0.133. The van der Waals surface area contributed by atoms with E-state index in [1.807, 2.05) is 0 Å². The molecule has 23 heavy (non-hydrogen) atoms. The van der Waals surface area contributed by atoms with Crippen molar-refractivity contribution in [2.24, 2.45) is 28.6 Å². The monoisotopic (exact) mass is 325 g/mol. The van der Waals surface area contributed by atoms with E-state index in [1.165, 1.54) is 12.8 Å². The zero-order chi connectivity index (χ0) is 16.8. The number of amides is 1. The lowest BCUT2D eigenvalue weighted by Gasteiger charge is -2.35. The molecule has 2 rings (SSSR count). The van der Waals surface area contributed by atoms with E-state index >= 15 is 0 Å². The number of ether oxygens (including phenoxy) is 1. The molecule has 0 spiro atoms. The first-order valence-electron chi connectivity index (χ1n) is 8.86. The number of amidine groups is 1. The topological polar surface area (TPSA) is 85.9 Å². The van der Waals surface area contributed by atoms with Gasteiger partial charge in [0.25, 0.3) is 5.91 Å². The summed E-state index contributed by atoms with van der Waals surface area (Å²) in [6, 6.07) is 0.231. The molecule has 6 heteroatoms. The predicted octanol–water partition coefficient (Wildman–Crippen LogP) is 2.03. The summed E-state index contributed by atoms with van der Waals surface area (Å²) in [7, 11) is 0. The fourth-order valence-electron chi connectivity index (χ4n) is 3.34. The van der Waals surface area contributed by atoms with Crippen LogP contribution in [-0.4, -0.2) is 37.1 Å². The van der Waals surface area contributed by atoms with Crippen LogP contribution in [0.15, 0.2) is 5.16 Å². The molecule has 2 aliphatic rings. The van der Waals surface area contributed by atoms with E-state index in [0.717, 1.165) is 19.3 Å². The summed E-state index contributed by atoms with van der Waals surface area (Å²) in [5.74, 6) is 1.69. The number of carbonyl (C=O) groups excluding carboxylic acids is 1. The SMILES string of the molecule is C[C@H]1[C@@H](C)CCC[C@H]1NC(=O)[C@H](C)O/N=C(\N)C1CCOCC1. The summed E-state index contributed by atoms with van der Waals surface area (Å²) >= 11 is 0. The number of rotatable bonds is 5. The number of nitrogens with one attached hydrogen (secondary N) is 1. The Kier molecular flexibility index (Phi) is 6.69. The quantitative estimate of drug-likeness (QED) is 0.460. The highest BCUT2D eigenvalue weighted by atomic mass is 16.6. The molecule has 0 aromatic heterocycles. The molecule has 1 aliphatic heterocycles. The van der Waals surface area contributed by atoms with Crippen LogP contribution in [0.1, 0.15) is 52.9 Å². The minimum atomic E-state index is -0.627. The van der Waals surface area contributed by atoms with Crippen LogP contribution in [-0.2, 0) is 14.4 Å². The smallest absolute Gasteiger partial charge is 0.263 e. The third-order valence-corrected chi connectivity index (χ3v) is 5.36. The van der Waals surface area contributed by atoms with Gasteiger partial charge in [-0.2, -0.15) is 0 Å². The highest BCUT2D eigenvalue weighted by molar-refractivity contribution is 5.83. The van der Waals surface area contributed by atoms with Crippen LogP contribution in [0.25, 0.3) is 0 Å². The lowest BCUT2D eigenvalue weighted by Crippen LogP contribution is -2.47. The number of hydrogen-bond donors (Lipinski definition) is 2. The molecule has 1 saturated carbocycles. The van der Waals surface area contributed by atoms with Crippen molar-refractivity contribution in [3.05, 3.63) is 0 Å². The van der Waals surface area contributed by atoms with E-state index in [4.69, 9.17) is 15.3 Å². The average Bonchev–Trinajstić information content (AvgIpc) is 2.57. The Morgan fingerprint density at radius 2 is 1.96 bits per heavy atom. The van der Waals surface area contributed by atoms with E-state index in [9.17, 15) is 4.79 Å². The molecular weight excluding hydrogens is 294 g/mol. The second kappa shape index (κ2) is 8.52. The highest BCUT2D eigenvalue weighted by Crippen LogP contribution is 2.29. The van der Waals surface area contributed by atoms with Crippen molar-refractivity contribution in [1.82, 2.24) is 5.32 Å². The van der Waals surface area contributed by atoms with E-state index in [-0.39, 0.29) is 17.9 Å². The van der Waals surface area contributed by atoms with Crippen LogP contribution < -0.4 is 11.1 Å². The van der Waals surface area contributed by atoms with Gasteiger partial charge >= 0.3 is 0 Å². The standard InChI is InChI=1S/C17H31N3O3/c1-11-5-4-6-15(12(11)2)19-17(21)13(3)23-20-16(18)14-7-9-22-10-8-14/h11-15H,4-10H2,1-3H3,(H2,18,20)(H,19,21)/t11-,12-,13-,15+/m0/s1. The molecule has 3 N–H and O–H groups in total. The first kappa shape index (κ1) is 18.0. The zero-order valence-corrected chi connectivity index (χ0v) is 14.6. The largest absolute Gasteiger partial charge is 0.384 e. The Morgan fingerprint density at radius 1 is 1.26 bits per heavy atom. The summed E-state index contributed by atoms with van der Waals surface area (Å²) in [4.78, 5) is 17.6. The molecule has 0 aromatic carbocycles. The number of carbonyl (C=O) groups is 1. The minimum Gasteiger partial charge on any atom is -0.384 e. The summed E-state index contributed by atoms with van der Waals surface area (Å²) < 4.78 is 5.30. The Bertz CT molecular complexity index is 421. The zero-order valence-electron chi connectivity index (χ0n) is 14.6. The summed E-state index contributed by atoms with van der Waals surface area (Å²) in [6.07, 6.45) is 4.54. The number of oxime groups is 1. The molecule has 0 unspecified atom stereocenters. The van der Waals surface area contributed by atoms with Crippen molar-refractivity contribution < 1.29 is 14.4 Å². The first-order chi connectivity index (χ1) is 11.0. The number of nitrogens with two attached hydrogens (primary N) is 1. The Balaban J connectivity index is 1.80. The van der Waals surface area contributed by atoms with Crippen LogP contribution in [0.2, 0.25) is 0 Å². The van der Waals surface area contributed by atoms with E-state index < -0.39 is 6.10 Å². The van der Waals surface area contributed by atoms with Gasteiger partial charge in [0.2, 0.25) is 6.10 Å². The first-order valence-corrected chi connectivity index (χ1v) is 8.86. The molecule has 0 bridgehead atoms. The summed E-state index contributed by atoms with van der Waals surface area (Å²) in [5, 5.41) is 7.08. The molecule has 1 amide bonds. The highest BCUT2D eigenvalue weighted by Gasteiger charge is 2.29. The van der Waals surface area contributed by atoms with Crippen LogP contribution >= 0.6 is 0 Å². The maximum Gasteiger partial charge on any atom is 0.263 e. The van der Waals surface area contributed by atoms with Crippen LogP contribution in [0.4, 0.5) is 0 Å². The Hall–Kier alpha value is -1.30.